The Hall–Kier alpha value is -1.13. The fraction of sp³-hybridized carbons (Fsp3) is 0.143. The van der Waals surface area contributed by atoms with Crippen molar-refractivity contribution >= 4 is 17.2 Å². The Morgan fingerprint density at radius 3 is 3.08 bits per heavy atom. The largest absolute Gasteiger partial charge is 0.326 e. The highest BCUT2D eigenvalue weighted by molar-refractivity contribution is 6.28. The maximum Gasteiger partial charge on any atom is 0.229 e. The number of nitrogens with two attached hydrogens (primary N) is 1. The van der Waals surface area contributed by atoms with E-state index in [1.807, 2.05) is 12.1 Å². The molecule has 0 spiro atoms. The number of aromatic nitrogens is 3. The summed E-state index contributed by atoms with van der Waals surface area (Å²) in [4.78, 5) is 0. The van der Waals surface area contributed by atoms with E-state index < -0.39 is 0 Å². The Morgan fingerprint density at radius 1 is 1.50 bits per heavy atom. The van der Waals surface area contributed by atoms with Crippen LogP contribution >= 0.6 is 11.6 Å². The minimum Gasteiger partial charge on any atom is -0.326 e. The average molecular weight is 183 g/mol. The quantitative estimate of drug-likeness (QED) is 0.711. The Kier molecular flexibility index (Phi) is 1.71. The van der Waals surface area contributed by atoms with Crippen LogP contribution in [0.15, 0.2) is 18.3 Å². The van der Waals surface area contributed by atoms with Gasteiger partial charge in [-0.2, -0.15) is 0 Å². The lowest BCUT2D eigenvalue weighted by Crippen LogP contribution is -1.97. The van der Waals surface area contributed by atoms with Gasteiger partial charge in [0.1, 0.15) is 0 Å². The lowest BCUT2D eigenvalue weighted by atomic mass is 10.3. The molecule has 2 N–H and O–H groups in total. The number of nitrogens with zero attached hydrogens (tertiary/aromatic N) is 3. The topological polar surface area (TPSA) is 56.2 Å². The van der Waals surface area contributed by atoms with Crippen LogP contribution in [0, 0.1) is 0 Å². The van der Waals surface area contributed by atoms with Gasteiger partial charge in [-0.15, -0.1) is 10.2 Å². The van der Waals surface area contributed by atoms with Gasteiger partial charge < -0.3 is 5.73 Å². The van der Waals surface area contributed by atoms with Crippen molar-refractivity contribution in [3.05, 3.63) is 29.2 Å². The minimum atomic E-state index is 0.369. The molecule has 0 aromatic carbocycles. The molecule has 2 aromatic rings. The van der Waals surface area contributed by atoms with Crippen LogP contribution in [-0.2, 0) is 6.54 Å². The molecule has 0 amide bonds. The zero-order chi connectivity index (χ0) is 8.55. The molecule has 0 unspecified atom stereocenters. The van der Waals surface area contributed by atoms with Crippen molar-refractivity contribution in [1.29, 1.82) is 0 Å². The highest BCUT2D eigenvalue weighted by Gasteiger charge is 2.01. The third-order valence-electron chi connectivity index (χ3n) is 1.67. The van der Waals surface area contributed by atoms with Crippen molar-refractivity contribution in [2.75, 3.05) is 0 Å². The molecule has 0 radical (unpaired) electrons. The smallest absolute Gasteiger partial charge is 0.229 e. The van der Waals surface area contributed by atoms with Crippen LogP contribution in [0.3, 0.4) is 0 Å². The van der Waals surface area contributed by atoms with Gasteiger partial charge in [-0.3, -0.25) is 4.40 Å². The van der Waals surface area contributed by atoms with Gasteiger partial charge >= 0.3 is 0 Å². The maximum atomic E-state index is 5.73. The average Bonchev–Trinajstić information content (AvgIpc) is 2.47. The molecule has 0 fully saturated rings. The number of fused-ring (bicyclic) bond motifs is 1. The van der Waals surface area contributed by atoms with Crippen molar-refractivity contribution in [1.82, 2.24) is 14.6 Å². The zero-order valence-electron chi connectivity index (χ0n) is 6.24. The molecule has 62 valence electrons. The minimum absolute atomic E-state index is 0.369. The lowest BCUT2D eigenvalue weighted by Gasteiger charge is -1.96. The van der Waals surface area contributed by atoms with E-state index in [4.69, 9.17) is 17.3 Å². The summed E-state index contributed by atoms with van der Waals surface area (Å²) in [6.07, 6.45) is 1.81. The number of rotatable bonds is 1. The molecule has 2 aromatic heterocycles. The highest BCUT2D eigenvalue weighted by Crippen LogP contribution is 2.09. The maximum absolute atomic E-state index is 5.73. The SMILES string of the molecule is NCc1ccn2c(Cl)nnc2c1. The summed E-state index contributed by atoms with van der Waals surface area (Å²) in [5, 5.41) is 7.93. The first-order chi connectivity index (χ1) is 5.81. The highest BCUT2D eigenvalue weighted by atomic mass is 35.5. The summed E-state index contributed by atoms with van der Waals surface area (Å²) in [6, 6.07) is 3.75. The van der Waals surface area contributed by atoms with E-state index in [-0.39, 0.29) is 0 Å². The van der Waals surface area contributed by atoms with Gasteiger partial charge in [0.05, 0.1) is 0 Å². The summed E-state index contributed by atoms with van der Waals surface area (Å²) >= 11 is 5.73. The number of halogens is 1. The van der Waals surface area contributed by atoms with Crippen molar-refractivity contribution in [3.8, 4) is 0 Å². The van der Waals surface area contributed by atoms with Crippen LogP contribution in [0.4, 0.5) is 0 Å². The summed E-state index contributed by atoms with van der Waals surface area (Å²) in [6.45, 7) is 0.501. The van der Waals surface area contributed by atoms with E-state index in [2.05, 4.69) is 10.2 Å². The second-order valence-corrected chi connectivity index (χ2v) is 2.77. The first-order valence-corrected chi connectivity index (χ1v) is 3.88. The molecule has 0 bridgehead atoms. The fourth-order valence-corrected chi connectivity index (χ4v) is 1.21. The third-order valence-corrected chi connectivity index (χ3v) is 1.93. The van der Waals surface area contributed by atoms with Crippen LogP contribution in [0.25, 0.3) is 5.65 Å². The second kappa shape index (κ2) is 2.73. The molecule has 0 aliphatic carbocycles. The van der Waals surface area contributed by atoms with Gasteiger partial charge in [0, 0.05) is 12.7 Å². The fourth-order valence-electron chi connectivity index (χ4n) is 1.03. The monoisotopic (exact) mass is 182 g/mol. The first kappa shape index (κ1) is 7.52. The Labute approximate surface area is 74.0 Å². The van der Waals surface area contributed by atoms with Gasteiger partial charge in [0.2, 0.25) is 5.28 Å². The normalized spacial score (nSPS) is 10.8. The van der Waals surface area contributed by atoms with Crippen molar-refractivity contribution in [3.63, 3.8) is 0 Å². The molecule has 2 rings (SSSR count). The summed E-state index contributed by atoms with van der Waals surface area (Å²) in [5.74, 6) is 0. The van der Waals surface area contributed by atoms with Crippen molar-refractivity contribution in [2.45, 2.75) is 6.54 Å². The number of hydrogen-bond acceptors (Lipinski definition) is 3. The Bertz CT molecular complexity index is 409. The van der Waals surface area contributed by atoms with Crippen LogP contribution < -0.4 is 5.73 Å². The predicted octanol–water partition coefficient (Wildman–Crippen LogP) is 0.841. The molecule has 0 aliphatic rings. The van der Waals surface area contributed by atoms with E-state index in [1.165, 1.54) is 0 Å². The van der Waals surface area contributed by atoms with Gasteiger partial charge in [-0.1, -0.05) is 0 Å². The van der Waals surface area contributed by atoms with Crippen molar-refractivity contribution in [2.24, 2.45) is 5.73 Å². The molecule has 5 heteroatoms. The van der Waals surface area contributed by atoms with Crippen LogP contribution in [0.5, 0.6) is 0 Å². The molecule has 0 saturated heterocycles. The van der Waals surface area contributed by atoms with Crippen LogP contribution in [-0.4, -0.2) is 14.6 Å². The molecular formula is C7H7ClN4. The first-order valence-electron chi connectivity index (χ1n) is 3.50. The van der Waals surface area contributed by atoms with Gasteiger partial charge in [-0.05, 0) is 29.3 Å². The van der Waals surface area contributed by atoms with Crippen LogP contribution in [0.1, 0.15) is 5.56 Å². The van der Waals surface area contributed by atoms with E-state index in [9.17, 15) is 0 Å². The third kappa shape index (κ3) is 1.05. The zero-order valence-corrected chi connectivity index (χ0v) is 6.99. The van der Waals surface area contributed by atoms with E-state index >= 15 is 0 Å². The Morgan fingerprint density at radius 2 is 2.33 bits per heavy atom. The Balaban J connectivity index is 2.69. The summed E-state index contributed by atoms with van der Waals surface area (Å²) in [7, 11) is 0. The molecule has 0 saturated carbocycles. The number of hydrogen-bond donors (Lipinski definition) is 1. The van der Waals surface area contributed by atoms with Gasteiger partial charge in [0.25, 0.3) is 0 Å². The standard InChI is InChI=1S/C7H7ClN4/c8-7-11-10-6-3-5(4-9)1-2-12(6)7/h1-3H,4,9H2. The van der Waals surface area contributed by atoms with Crippen molar-refractivity contribution < 1.29 is 0 Å². The predicted molar refractivity (Wildman–Crippen MR) is 45.9 cm³/mol. The van der Waals surface area contributed by atoms with Crippen LogP contribution in [0.2, 0.25) is 5.28 Å². The summed E-state index contributed by atoms with van der Waals surface area (Å²) in [5.41, 5.74) is 7.20. The lowest BCUT2D eigenvalue weighted by molar-refractivity contribution is 1.05. The molecular weight excluding hydrogens is 176 g/mol. The molecule has 4 nitrogen and oxygen atoms in total. The molecule has 0 aliphatic heterocycles. The van der Waals surface area contributed by atoms with Gasteiger partial charge in [-0.25, -0.2) is 0 Å². The number of pyridine rings is 1. The molecule has 12 heavy (non-hydrogen) atoms. The second-order valence-electron chi connectivity index (χ2n) is 2.44. The van der Waals surface area contributed by atoms with E-state index in [1.54, 1.807) is 10.6 Å². The van der Waals surface area contributed by atoms with E-state index in [0.717, 1.165) is 11.2 Å². The molecule has 2 heterocycles. The summed E-state index contributed by atoms with van der Waals surface area (Å²) < 4.78 is 1.70. The van der Waals surface area contributed by atoms with E-state index in [0.29, 0.717) is 11.8 Å². The van der Waals surface area contributed by atoms with Gasteiger partial charge in [0.15, 0.2) is 5.65 Å². The molecule has 0 atom stereocenters.